The molecular weight excluding hydrogens is 372 g/mol. The van der Waals surface area contributed by atoms with Crippen molar-refractivity contribution >= 4 is 40.9 Å². The standard InChI is InChI=1S/C18H21ClN4O2S/c1-11-8-12(2)23(22-11)7-3-6-20-17(24)10-16-18(25)21-14-9-13(19)4-5-15(14)26-16/h4-5,8-9,16H,3,6-7,10H2,1-2H3,(H,20,24)(H,21,25)/t16-/m1/s1. The summed E-state index contributed by atoms with van der Waals surface area (Å²) in [5.41, 5.74) is 2.81. The number of carbonyl (C=O) groups is 2. The Kier molecular flexibility index (Phi) is 5.88. The van der Waals surface area contributed by atoms with E-state index >= 15 is 0 Å². The van der Waals surface area contributed by atoms with Crippen molar-refractivity contribution < 1.29 is 9.59 Å². The second-order valence-corrected chi connectivity index (χ2v) is 7.98. The van der Waals surface area contributed by atoms with Crippen LogP contribution in [0.4, 0.5) is 5.69 Å². The molecule has 1 aromatic heterocycles. The minimum absolute atomic E-state index is 0.122. The van der Waals surface area contributed by atoms with Crippen LogP contribution in [0.15, 0.2) is 29.2 Å². The highest BCUT2D eigenvalue weighted by molar-refractivity contribution is 8.01. The number of hydrogen-bond acceptors (Lipinski definition) is 4. The van der Waals surface area contributed by atoms with E-state index in [0.717, 1.165) is 29.2 Å². The molecule has 1 atom stereocenters. The molecule has 1 aliphatic heterocycles. The van der Waals surface area contributed by atoms with Crippen LogP contribution in [0.2, 0.25) is 5.02 Å². The van der Waals surface area contributed by atoms with Gasteiger partial charge in [0.05, 0.1) is 16.6 Å². The normalized spacial score (nSPS) is 16.1. The van der Waals surface area contributed by atoms with Gasteiger partial charge in [0.15, 0.2) is 0 Å². The molecule has 3 rings (SSSR count). The molecule has 2 heterocycles. The van der Waals surface area contributed by atoms with E-state index in [2.05, 4.69) is 15.7 Å². The lowest BCUT2D eigenvalue weighted by Gasteiger charge is -2.23. The molecule has 138 valence electrons. The van der Waals surface area contributed by atoms with Crippen molar-refractivity contribution in [2.24, 2.45) is 0 Å². The van der Waals surface area contributed by atoms with Crippen LogP contribution in [0.5, 0.6) is 0 Å². The van der Waals surface area contributed by atoms with E-state index in [1.165, 1.54) is 11.8 Å². The first kappa shape index (κ1) is 18.8. The summed E-state index contributed by atoms with van der Waals surface area (Å²) in [6.07, 6.45) is 0.942. The van der Waals surface area contributed by atoms with Crippen LogP contribution in [-0.2, 0) is 16.1 Å². The molecule has 0 radical (unpaired) electrons. The maximum Gasteiger partial charge on any atom is 0.238 e. The number of carbonyl (C=O) groups excluding carboxylic acids is 2. The summed E-state index contributed by atoms with van der Waals surface area (Å²) in [5.74, 6) is -0.286. The molecule has 0 aliphatic carbocycles. The molecule has 0 saturated carbocycles. The van der Waals surface area contributed by atoms with Gasteiger partial charge in [0.1, 0.15) is 0 Å². The Morgan fingerprint density at radius 3 is 2.92 bits per heavy atom. The Hall–Kier alpha value is -1.99. The molecule has 2 amide bonds. The summed E-state index contributed by atoms with van der Waals surface area (Å²) in [5, 5.41) is 10.2. The van der Waals surface area contributed by atoms with Gasteiger partial charge in [-0.05, 0) is 44.5 Å². The lowest BCUT2D eigenvalue weighted by atomic mass is 10.2. The van der Waals surface area contributed by atoms with Crippen molar-refractivity contribution in [3.8, 4) is 0 Å². The summed E-state index contributed by atoms with van der Waals surface area (Å²) in [4.78, 5) is 25.3. The van der Waals surface area contributed by atoms with E-state index in [1.807, 2.05) is 30.7 Å². The van der Waals surface area contributed by atoms with E-state index in [-0.39, 0.29) is 18.2 Å². The fourth-order valence-corrected chi connectivity index (χ4v) is 4.12. The molecule has 0 unspecified atom stereocenters. The summed E-state index contributed by atoms with van der Waals surface area (Å²) in [6, 6.07) is 7.39. The molecule has 2 aromatic rings. The van der Waals surface area contributed by atoms with Crippen molar-refractivity contribution in [3.05, 3.63) is 40.7 Å². The number of amides is 2. The first-order valence-corrected chi connectivity index (χ1v) is 9.73. The number of halogens is 1. The number of nitrogens with one attached hydrogen (secondary N) is 2. The number of thioether (sulfide) groups is 1. The molecule has 0 bridgehead atoms. The van der Waals surface area contributed by atoms with Gasteiger partial charge in [-0.3, -0.25) is 14.3 Å². The molecule has 0 saturated heterocycles. The number of rotatable bonds is 6. The Morgan fingerprint density at radius 2 is 2.19 bits per heavy atom. The summed E-state index contributed by atoms with van der Waals surface area (Å²) >= 11 is 7.34. The maximum absolute atomic E-state index is 12.2. The topological polar surface area (TPSA) is 76.0 Å². The van der Waals surface area contributed by atoms with Crippen LogP contribution in [0.3, 0.4) is 0 Å². The summed E-state index contributed by atoms with van der Waals surface area (Å²) in [7, 11) is 0. The van der Waals surface area contributed by atoms with E-state index < -0.39 is 5.25 Å². The Morgan fingerprint density at radius 1 is 1.38 bits per heavy atom. The third-order valence-corrected chi connectivity index (χ3v) is 5.61. The van der Waals surface area contributed by atoms with Crippen LogP contribution in [0.1, 0.15) is 24.2 Å². The van der Waals surface area contributed by atoms with Crippen LogP contribution < -0.4 is 10.6 Å². The molecule has 0 fully saturated rings. The van der Waals surface area contributed by atoms with Gasteiger partial charge < -0.3 is 10.6 Å². The molecule has 0 spiro atoms. The van der Waals surface area contributed by atoms with E-state index in [4.69, 9.17) is 11.6 Å². The predicted molar refractivity (Wildman–Crippen MR) is 104 cm³/mol. The zero-order valence-corrected chi connectivity index (χ0v) is 16.3. The number of fused-ring (bicyclic) bond motifs is 1. The number of nitrogens with zero attached hydrogens (tertiary/aromatic N) is 2. The highest BCUT2D eigenvalue weighted by Gasteiger charge is 2.28. The Bertz CT molecular complexity index is 837. The van der Waals surface area contributed by atoms with Crippen LogP contribution in [0, 0.1) is 13.8 Å². The van der Waals surface area contributed by atoms with Crippen molar-refractivity contribution in [1.29, 1.82) is 0 Å². The quantitative estimate of drug-likeness (QED) is 0.740. The van der Waals surface area contributed by atoms with Crippen LogP contribution >= 0.6 is 23.4 Å². The van der Waals surface area contributed by atoms with E-state index in [0.29, 0.717) is 17.3 Å². The zero-order valence-electron chi connectivity index (χ0n) is 14.7. The van der Waals surface area contributed by atoms with Crippen molar-refractivity contribution in [2.75, 3.05) is 11.9 Å². The zero-order chi connectivity index (χ0) is 18.7. The minimum atomic E-state index is -0.431. The molecule has 8 heteroatoms. The number of aromatic nitrogens is 2. The summed E-state index contributed by atoms with van der Waals surface area (Å²) in [6.45, 7) is 5.29. The molecule has 26 heavy (non-hydrogen) atoms. The second kappa shape index (κ2) is 8.14. The fourth-order valence-electron chi connectivity index (χ4n) is 2.86. The van der Waals surface area contributed by atoms with Crippen molar-refractivity contribution in [2.45, 2.75) is 43.4 Å². The average molecular weight is 393 g/mol. The Balaban J connectivity index is 1.45. The van der Waals surface area contributed by atoms with Crippen molar-refractivity contribution in [1.82, 2.24) is 15.1 Å². The van der Waals surface area contributed by atoms with Gasteiger partial charge in [-0.2, -0.15) is 5.10 Å². The third kappa shape index (κ3) is 4.59. The first-order valence-electron chi connectivity index (χ1n) is 8.47. The van der Waals surface area contributed by atoms with Gasteiger partial charge in [0, 0.05) is 35.1 Å². The third-order valence-electron chi connectivity index (χ3n) is 4.10. The smallest absolute Gasteiger partial charge is 0.238 e. The molecular formula is C18H21ClN4O2S. The lowest BCUT2D eigenvalue weighted by Crippen LogP contribution is -2.35. The Labute approximate surface area is 161 Å². The number of benzene rings is 1. The van der Waals surface area contributed by atoms with Gasteiger partial charge in [-0.25, -0.2) is 0 Å². The number of aryl methyl sites for hydroxylation is 3. The monoisotopic (exact) mass is 392 g/mol. The van der Waals surface area contributed by atoms with Gasteiger partial charge in [0.2, 0.25) is 11.8 Å². The predicted octanol–water partition coefficient (Wildman–Crippen LogP) is 3.16. The lowest BCUT2D eigenvalue weighted by molar-refractivity contribution is -0.124. The largest absolute Gasteiger partial charge is 0.356 e. The minimum Gasteiger partial charge on any atom is -0.356 e. The first-order chi connectivity index (χ1) is 12.4. The van der Waals surface area contributed by atoms with Crippen molar-refractivity contribution in [3.63, 3.8) is 0 Å². The number of anilines is 1. The second-order valence-electron chi connectivity index (χ2n) is 6.29. The average Bonchev–Trinajstić information content (AvgIpc) is 2.90. The SMILES string of the molecule is Cc1cc(C)n(CCCNC(=O)C[C@H]2Sc3ccc(Cl)cc3NC2=O)n1. The molecule has 1 aliphatic rings. The van der Waals surface area contributed by atoms with Gasteiger partial charge in [0.25, 0.3) is 0 Å². The molecule has 6 nitrogen and oxygen atoms in total. The maximum atomic E-state index is 12.2. The van der Waals surface area contributed by atoms with Crippen LogP contribution in [-0.4, -0.2) is 33.4 Å². The molecule has 2 N–H and O–H groups in total. The highest BCUT2D eigenvalue weighted by atomic mass is 35.5. The van der Waals surface area contributed by atoms with Gasteiger partial charge in [-0.1, -0.05) is 11.6 Å². The van der Waals surface area contributed by atoms with Gasteiger partial charge in [-0.15, -0.1) is 11.8 Å². The summed E-state index contributed by atoms with van der Waals surface area (Å²) < 4.78 is 1.94. The molecule has 1 aromatic carbocycles. The number of hydrogen-bond donors (Lipinski definition) is 2. The fraction of sp³-hybridized carbons (Fsp3) is 0.389. The van der Waals surface area contributed by atoms with Gasteiger partial charge >= 0.3 is 0 Å². The highest BCUT2D eigenvalue weighted by Crippen LogP contribution is 2.38. The van der Waals surface area contributed by atoms with E-state index in [9.17, 15) is 9.59 Å². The van der Waals surface area contributed by atoms with E-state index in [1.54, 1.807) is 12.1 Å². The van der Waals surface area contributed by atoms with Crippen LogP contribution in [0.25, 0.3) is 0 Å².